The van der Waals surface area contributed by atoms with Crippen LogP contribution in [-0.4, -0.2) is 87.3 Å². The zero-order valence-corrected chi connectivity index (χ0v) is 26.6. The first-order valence-electron chi connectivity index (χ1n) is 15.3. The molecule has 3 unspecified atom stereocenters. The summed E-state index contributed by atoms with van der Waals surface area (Å²) in [5.74, 6) is -7.00. The normalized spacial score (nSPS) is 31.7. The van der Waals surface area contributed by atoms with E-state index < -0.39 is 77.3 Å². The van der Waals surface area contributed by atoms with Gasteiger partial charge in [-0.3, -0.25) is 25.1 Å². The number of fused-ring (bicyclic) bond motifs is 1. The van der Waals surface area contributed by atoms with Crippen LogP contribution in [0.15, 0.2) is 0 Å². The van der Waals surface area contributed by atoms with E-state index in [2.05, 4.69) is 16.1 Å². The fourth-order valence-electron chi connectivity index (χ4n) is 6.85. The standard InChI is InChI=1S/C30H49F2N5O6/c1-27(2,3)21(33-23(39)19-13-30(19,31)32)25(41)36-14-16-10-9-11-18(16)20(36)24(40)35-37(26(42)43-28(4,5)6)15-17-12-29(7,8)34-22(17)38/h16-22,34,38H,9-15H2,1-8H3,(H,33,39)(H,35,40)/t16-,17?,18-,19?,20-,21+,22?/m0/s1. The van der Waals surface area contributed by atoms with Crippen LogP contribution in [0.3, 0.4) is 0 Å². The lowest BCUT2D eigenvalue weighted by atomic mass is 9.85. The molecule has 43 heavy (non-hydrogen) atoms. The molecular weight excluding hydrogens is 564 g/mol. The molecule has 4 aliphatic rings. The van der Waals surface area contributed by atoms with Gasteiger partial charge in [0.25, 0.3) is 11.8 Å². The molecule has 4 N–H and O–H groups in total. The van der Waals surface area contributed by atoms with Crippen LogP contribution < -0.4 is 16.1 Å². The van der Waals surface area contributed by atoms with E-state index in [1.807, 2.05) is 13.8 Å². The molecule has 13 heteroatoms. The zero-order chi connectivity index (χ0) is 32.3. The van der Waals surface area contributed by atoms with Crippen LogP contribution in [0.2, 0.25) is 0 Å². The third kappa shape index (κ3) is 7.58. The molecule has 2 aliphatic heterocycles. The molecule has 2 saturated carbocycles. The van der Waals surface area contributed by atoms with Crippen LogP contribution in [-0.2, 0) is 19.1 Å². The lowest BCUT2D eigenvalue weighted by molar-refractivity contribution is -0.146. The average Bonchev–Trinajstić information content (AvgIpc) is 3.14. The molecule has 0 bridgehead atoms. The maximum absolute atomic E-state index is 14.1. The Morgan fingerprint density at radius 2 is 1.70 bits per heavy atom. The van der Waals surface area contributed by atoms with Crippen molar-refractivity contribution in [1.82, 2.24) is 26.0 Å². The van der Waals surface area contributed by atoms with E-state index in [1.165, 1.54) is 4.90 Å². The lowest BCUT2D eigenvalue weighted by Gasteiger charge is -2.37. The van der Waals surface area contributed by atoms with Gasteiger partial charge in [-0.25, -0.2) is 18.6 Å². The second-order valence-corrected chi connectivity index (χ2v) is 15.6. The van der Waals surface area contributed by atoms with Crippen molar-refractivity contribution in [2.24, 2.45) is 29.1 Å². The summed E-state index contributed by atoms with van der Waals surface area (Å²) in [6, 6.07) is -2.06. The fourth-order valence-corrected chi connectivity index (χ4v) is 6.85. The number of amides is 4. The number of nitrogens with one attached hydrogen (secondary N) is 3. The van der Waals surface area contributed by atoms with Gasteiger partial charge in [0, 0.05) is 24.4 Å². The Balaban J connectivity index is 1.57. The number of rotatable bonds is 6. The van der Waals surface area contributed by atoms with Crippen molar-refractivity contribution in [3.8, 4) is 0 Å². The van der Waals surface area contributed by atoms with Gasteiger partial charge in [-0.1, -0.05) is 27.2 Å². The Labute approximate surface area is 252 Å². The van der Waals surface area contributed by atoms with Gasteiger partial charge in [-0.15, -0.1) is 0 Å². The average molecular weight is 614 g/mol. The van der Waals surface area contributed by atoms with Crippen molar-refractivity contribution in [3.63, 3.8) is 0 Å². The van der Waals surface area contributed by atoms with Crippen LogP contribution in [0.5, 0.6) is 0 Å². The molecule has 0 spiro atoms. The highest BCUT2D eigenvalue weighted by Crippen LogP contribution is 2.49. The number of hydrogen-bond donors (Lipinski definition) is 4. The van der Waals surface area contributed by atoms with Gasteiger partial charge in [0.15, 0.2) is 0 Å². The molecule has 11 nitrogen and oxygen atoms in total. The quantitative estimate of drug-likeness (QED) is 0.338. The number of carbonyl (C=O) groups excluding carboxylic acids is 4. The maximum Gasteiger partial charge on any atom is 0.429 e. The summed E-state index contributed by atoms with van der Waals surface area (Å²) in [4.78, 5) is 55.5. The van der Waals surface area contributed by atoms with Gasteiger partial charge in [0.05, 0.1) is 6.54 Å². The van der Waals surface area contributed by atoms with E-state index in [4.69, 9.17) is 4.74 Å². The number of hydrazine groups is 1. The van der Waals surface area contributed by atoms with Crippen LogP contribution in [0.25, 0.3) is 0 Å². The Morgan fingerprint density at radius 3 is 2.21 bits per heavy atom. The Hall–Kier alpha value is -2.54. The van der Waals surface area contributed by atoms with E-state index >= 15 is 0 Å². The van der Waals surface area contributed by atoms with Gasteiger partial charge in [0.1, 0.15) is 29.8 Å². The summed E-state index contributed by atoms with van der Waals surface area (Å²) in [5, 5.41) is 17.3. The monoisotopic (exact) mass is 613 g/mol. The first-order chi connectivity index (χ1) is 19.6. The summed E-state index contributed by atoms with van der Waals surface area (Å²) in [5.41, 5.74) is 0.657. The third-order valence-electron chi connectivity index (χ3n) is 9.02. The third-order valence-corrected chi connectivity index (χ3v) is 9.02. The molecule has 4 amide bonds. The zero-order valence-electron chi connectivity index (χ0n) is 26.6. The number of carbonyl (C=O) groups is 4. The van der Waals surface area contributed by atoms with Crippen molar-refractivity contribution in [3.05, 3.63) is 0 Å². The molecule has 4 rings (SSSR count). The number of alkyl halides is 2. The number of likely N-dealkylation sites (tertiary alicyclic amines) is 1. The van der Waals surface area contributed by atoms with Crippen molar-refractivity contribution < 1.29 is 37.8 Å². The van der Waals surface area contributed by atoms with Gasteiger partial charge < -0.3 is 20.1 Å². The minimum atomic E-state index is -3.08. The Morgan fingerprint density at radius 1 is 1.07 bits per heavy atom. The highest BCUT2D eigenvalue weighted by atomic mass is 19.3. The predicted octanol–water partition coefficient (Wildman–Crippen LogP) is 2.77. The van der Waals surface area contributed by atoms with Crippen molar-refractivity contribution in [2.75, 3.05) is 13.1 Å². The molecule has 2 aliphatic carbocycles. The molecular formula is C30H49F2N5O6. The van der Waals surface area contributed by atoms with Gasteiger partial charge in [-0.05, 0) is 71.1 Å². The summed E-state index contributed by atoms with van der Waals surface area (Å²) in [6.45, 7) is 14.5. The number of aliphatic hydroxyl groups is 1. The smallest absolute Gasteiger partial charge is 0.429 e. The highest BCUT2D eigenvalue weighted by molar-refractivity contribution is 5.94. The first kappa shape index (κ1) is 33.4. The number of hydrogen-bond acceptors (Lipinski definition) is 7. The van der Waals surface area contributed by atoms with Gasteiger partial charge >= 0.3 is 6.09 Å². The Kier molecular flexibility index (Phi) is 8.87. The number of nitrogens with zero attached hydrogens (tertiary/aromatic N) is 2. The molecule has 2 saturated heterocycles. The topological polar surface area (TPSA) is 140 Å². The molecule has 4 fully saturated rings. The summed E-state index contributed by atoms with van der Waals surface area (Å²) in [6.07, 6.45) is 0.712. The molecule has 0 aromatic heterocycles. The largest absolute Gasteiger partial charge is 0.442 e. The van der Waals surface area contributed by atoms with E-state index in [1.54, 1.807) is 41.5 Å². The van der Waals surface area contributed by atoms with Crippen LogP contribution >= 0.6 is 0 Å². The molecule has 0 aromatic rings. The molecule has 0 aromatic carbocycles. The Bertz CT molecular complexity index is 1120. The van der Waals surface area contributed by atoms with Crippen molar-refractivity contribution in [1.29, 1.82) is 0 Å². The van der Waals surface area contributed by atoms with Crippen molar-refractivity contribution in [2.45, 2.75) is 123 Å². The number of aliphatic hydroxyl groups excluding tert-OH is 1. The lowest BCUT2D eigenvalue weighted by Crippen LogP contribution is -2.61. The minimum absolute atomic E-state index is 0.0245. The van der Waals surface area contributed by atoms with E-state index in [0.29, 0.717) is 12.8 Å². The molecule has 0 radical (unpaired) electrons. The fraction of sp³-hybridized carbons (Fsp3) is 0.867. The summed E-state index contributed by atoms with van der Waals surface area (Å²) < 4.78 is 32.9. The second kappa shape index (κ2) is 11.4. The molecule has 2 heterocycles. The van der Waals surface area contributed by atoms with Gasteiger partial charge in [0.2, 0.25) is 11.8 Å². The molecule has 244 valence electrons. The van der Waals surface area contributed by atoms with Crippen LogP contribution in [0.4, 0.5) is 13.6 Å². The SMILES string of the molecule is CC1(C)CC(CN(NC(=O)[C@@H]2[C@H]3CCC[C@H]3CN2C(=O)[C@@H](NC(=O)C2CC2(F)F)C(C)(C)C)C(=O)OC(C)(C)C)C(O)N1. The van der Waals surface area contributed by atoms with E-state index in [9.17, 15) is 33.1 Å². The summed E-state index contributed by atoms with van der Waals surface area (Å²) >= 11 is 0. The number of halogens is 2. The first-order valence-corrected chi connectivity index (χ1v) is 15.3. The van der Waals surface area contributed by atoms with E-state index in [0.717, 1.165) is 17.9 Å². The highest BCUT2D eigenvalue weighted by Gasteiger charge is 2.62. The minimum Gasteiger partial charge on any atom is -0.442 e. The van der Waals surface area contributed by atoms with E-state index in [-0.39, 0.29) is 30.5 Å². The maximum atomic E-state index is 14.1. The second-order valence-electron chi connectivity index (χ2n) is 15.6. The van der Waals surface area contributed by atoms with Crippen molar-refractivity contribution >= 4 is 23.8 Å². The van der Waals surface area contributed by atoms with Crippen LogP contribution in [0, 0.1) is 29.1 Å². The number of ether oxygens (including phenoxy) is 1. The summed E-state index contributed by atoms with van der Waals surface area (Å²) in [7, 11) is 0. The predicted molar refractivity (Wildman–Crippen MR) is 153 cm³/mol. The van der Waals surface area contributed by atoms with Crippen LogP contribution in [0.1, 0.15) is 87.5 Å². The molecule has 7 atom stereocenters. The van der Waals surface area contributed by atoms with Gasteiger partial charge in [-0.2, -0.15) is 0 Å².